The number of nitrogens with zero attached hydrogens (tertiary/aromatic N) is 2. The van der Waals surface area contributed by atoms with Crippen molar-refractivity contribution in [1.82, 2.24) is 5.32 Å². The molecule has 0 saturated carbocycles. The predicted octanol–water partition coefficient (Wildman–Crippen LogP) is 1.88. The molecule has 1 atom stereocenters. The minimum atomic E-state index is -0.873. The van der Waals surface area contributed by atoms with E-state index in [2.05, 4.69) is 5.32 Å². The topological polar surface area (TPSA) is 120 Å². The number of nitro benzene ring substituents is 1. The lowest BCUT2D eigenvalue weighted by Crippen LogP contribution is -2.49. The number of amides is 2. The summed E-state index contributed by atoms with van der Waals surface area (Å²) in [5.41, 5.74) is 0.489. The molecule has 0 unspecified atom stereocenters. The van der Waals surface area contributed by atoms with E-state index >= 15 is 0 Å². The number of fused-ring (bicyclic) bond motifs is 2. The Hall–Kier alpha value is -4.08. The first kappa shape index (κ1) is 19.2. The summed E-state index contributed by atoms with van der Waals surface area (Å²) in [6.45, 7) is -0.0207. The Kier molecular flexibility index (Phi) is 4.97. The summed E-state index contributed by atoms with van der Waals surface area (Å²) < 4.78 is 16.1. The Balaban J connectivity index is 1.64. The zero-order valence-electron chi connectivity index (χ0n) is 15.9. The molecule has 0 spiro atoms. The van der Waals surface area contributed by atoms with Crippen LogP contribution in [0.2, 0.25) is 0 Å². The highest BCUT2D eigenvalue weighted by Gasteiger charge is 2.32. The molecule has 10 nitrogen and oxygen atoms in total. The monoisotopic (exact) mass is 411 g/mol. The molecule has 4 rings (SSSR count). The van der Waals surface area contributed by atoms with Gasteiger partial charge in [-0.3, -0.25) is 19.7 Å². The van der Waals surface area contributed by atoms with Gasteiger partial charge in [0, 0.05) is 13.1 Å². The van der Waals surface area contributed by atoms with Crippen molar-refractivity contribution in [2.24, 2.45) is 0 Å². The van der Waals surface area contributed by atoms with Gasteiger partial charge in [0.25, 0.3) is 17.5 Å². The summed E-state index contributed by atoms with van der Waals surface area (Å²) in [6, 6.07) is 9.55. The summed E-state index contributed by atoms with van der Waals surface area (Å²) in [6.07, 6.45) is 1.69. The quantitative estimate of drug-likeness (QED) is 0.463. The van der Waals surface area contributed by atoms with Crippen LogP contribution in [0.25, 0.3) is 6.08 Å². The number of nitro groups is 1. The van der Waals surface area contributed by atoms with Crippen molar-refractivity contribution in [3.63, 3.8) is 0 Å². The second-order valence-electron chi connectivity index (χ2n) is 6.49. The Morgan fingerprint density at radius 1 is 1.20 bits per heavy atom. The maximum absolute atomic E-state index is 12.9. The van der Waals surface area contributed by atoms with Gasteiger partial charge in [0.05, 0.1) is 28.8 Å². The van der Waals surface area contributed by atoms with Crippen LogP contribution in [-0.4, -0.2) is 43.2 Å². The van der Waals surface area contributed by atoms with E-state index < -0.39 is 16.9 Å². The van der Waals surface area contributed by atoms with Gasteiger partial charge >= 0.3 is 0 Å². The molecule has 10 heteroatoms. The van der Waals surface area contributed by atoms with Crippen LogP contribution in [0.3, 0.4) is 0 Å². The van der Waals surface area contributed by atoms with Gasteiger partial charge in [-0.15, -0.1) is 0 Å². The van der Waals surface area contributed by atoms with E-state index in [0.29, 0.717) is 17.2 Å². The minimum absolute atomic E-state index is 0.00307. The van der Waals surface area contributed by atoms with Crippen LogP contribution < -0.4 is 24.4 Å². The first-order chi connectivity index (χ1) is 14.5. The molecule has 0 bridgehead atoms. The summed E-state index contributed by atoms with van der Waals surface area (Å²) in [5, 5.41) is 13.9. The molecule has 2 aromatic carbocycles. The lowest BCUT2D eigenvalue weighted by Gasteiger charge is -2.33. The fraction of sp³-hybridized carbons (Fsp3) is 0.200. The number of carbonyl (C=O) groups excluding carboxylic acids is 2. The van der Waals surface area contributed by atoms with Gasteiger partial charge < -0.3 is 24.4 Å². The number of benzene rings is 2. The van der Waals surface area contributed by atoms with Crippen molar-refractivity contribution in [3.05, 3.63) is 58.2 Å². The molecule has 0 aliphatic carbocycles. The number of anilines is 1. The average molecular weight is 411 g/mol. The third-order valence-corrected chi connectivity index (χ3v) is 4.70. The fourth-order valence-electron chi connectivity index (χ4n) is 3.23. The summed E-state index contributed by atoms with van der Waals surface area (Å²) in [5.74, 6) is 0.224. The summed E-state index contributed by atoms with van der Waals surface area (Å²) >= 11 is 0. The zero-order chi connectivity index (χ0) is 21.3. The van der Waals surface area contributed by atoms with Gasteiger partial charge in [0.2, 0.25) is 6.79 Å². The number of ether oxygens (including phenoxy) is 3. The molecule has 0 fully saturated rings. The van der Waals surface area contributed by atoms with E-state index in [1.165, 1.54) is 36.2 Å². The second kappa shape index (κ2) is 7.74. The highest BCUT2D eigenvalue weighted by atomic mass is 16.7. The van der Waals surface area contributed by atoms with Crippen molar-refractivity contribution in [3.8, 4) is 17.2 Å². The largest absolute Gasteiger partial charge is 0.477 e. The van der Waals surface area contributed by atoms with Crippen molar-refractivity contribution >= 4 is 29.3 Å². The maximum Gasteiger partial charge on any atom is 0.280 e. The summed E-state index contributed by atoms with van der Waals surface area (Å²) in [4.78, 5) is 37.2. The number of rotatable bonds is 4. The molecule has 154 valence electrons. The van der Waals surface area contributed by atoms with E-state index in [0.717, 1.165) is 0 Å². The molecule has 30 heavy (non-hydrogen) atoms. The fourth-order valence-corrected chi connectivity index (χ4v) is 3.23. The predicted molar refractivity (Wildman–Crippen MR) is 106 cm³/mol. The number of para-hydroxylation sites is 2. The molecule has 2 aliphatic heterocycles. The van der Waals surface area contributed by atoms with Crippen LogP contribution in [-0.2, 0) is 9.59 Å². The summed E-state index contributed by atoms with van der Waals surface area (Å²) in [7, 11) is 1.48. The lowest BCUT2D eigenvalue weighted by molar-refractivity contribution is -0.385. The Morgan fingerprint density at radius 3 is 2.67 bits per heavy atom. The number of hydrogen-bond donors (Lipinski definition) is 1. The van der Waals surface area contributed by atoms with Gasteiger partial charge in [-0.1, -0.05) is 12.1 Å². The van der Waals surface area contributed by atoms with Crippen LogP contribution in [0, 0.1) is 10.1 Å². The Labute approximate surface area is 170 Å². The van der Waals surface area contributed by atoms with E-state index in [1.807, 2.05) is 0 Å². The Bertz CT molecular complexity index is 1070. The average Bonchev–Trinajstić information content (AvgIpc) is 3.22. The third kappa shape index (κ3) is 3.50. The second-order valence-corrected chi connectivity index (χ2v) is 6.49. The number of likely N-dealkylation sites (N-methyl/N-ethyl adjacent to an activating group) is 1. The van der Waals surface area contributed by atoms with Gasteiger partial charge in [0.15, 0.2) is 17.6 Å². The van der Waals surface area contributed by atoms with Crippen molar-refractivity contribution in [2.45, 2.75) is 6.10 Å². The molecule has 0 saturated heterocycles. The van der Waals surface area contributed by atoms with Crippen molar-refractivity contribution < 1.29 is 28.7 Å². The van der Waals surface area contributed by atoms with Crippen LogP contribution in [0.5, 0.6) is 17.2 Å². The molecule has 2 amide bonds. The molecule has 0 radical (unpaired) electrons. The highest BCUT2D eigenvalue weighted by Crippen LogP contribution is 2.38. The van der Waals surface area contributed by atoms with Gasteiger partial charge in [0.1, 0.15) is 5.75 Å². The van der Waals surface area contributed by atoms with E-state index in [4.69, 9.17) is 14.2 Å². The molecule has 2 aliphatic rings. The van der Waals surface area contributed by atoms with E-state index in [1.54, 1.807) is 24.3 Å². The zero-order valence-corrected chi connectivity index (χ0v) is 15.9. The lowest BCUT2D eigenvalue weighted by atomic mass is 10.1. The minimum Gasteiger partial charge on any atom is -0.477 e. The molecule has 2 aromatic rings. The molecular weight excluding hydrogens is 394 g/mol. The smallest absolute Gasteiger partial charge is 0.280 e. The van der Waals surface area contributed by atoms with Crippen molar-refractivity contribution in [1.29, 1.82) is 0 Å². The van der Waals surface area contributed by atoms with Gasteiger partial charge in [-0.25, -0.2) is 0 Å². The van der Waals surface area contributed by atoms with Crippen LogP contribution >= 0.6 is 0 Å². The number of hydrogen-bond acceptors (Lipinski definition) is 7. The van der Waals surface area contributed by atoms with Gasteiger partial charge in [-0.2, -0.15) is 0 Å². The first-order valence-electron chi connectivity index (χ1n) is 9.03. The van der Waals surface area contributed by atoms with Gasteiger partial charge in [-0.05, 0) is 24.3 Å². The Morgan fingerprint density at radius 2 is 1.93 bits per heavy atom. The normalized spacial score (nSPS) is 16.7. The number of carbonyl (C=O) groups is 2. The van der Waals surface area contributed by atoms with Crippen LogP contribution in [0.4, 0.5) is 11.4 Å². The van der Waals surface area contributed by atoms with Crippen LogP contribution in [0.15, 0.2) is 42.5 Å². The first-order valence-corrected chi connectivity index (χ1v) is 9.03. The molecular formula is C20H17N3O7. The highest BCUT2D eigenvalue weighted by molar-refractivity contribution is 6.06. The standard InChI is InChI=1S/C20H17N3O7/c1-21-20(25)18-10-22(13-4-2-3-5-15(13)30-18)19(24)7-6-12-8-16-17(29-11-28-16)9-14(12)23(26)27/h2-9,18H,10-11H2,1H3,(H,21,25)/b7-6+/t18-/m0/s1. The third-order valence-electron chi connectivity index (χ3n) is 4.70. The molecule has 0 aromatic heterocycles. The van der Waals surface area contributed by atoms with E-state index in [-0.39, 0.29) is 36.2 Å². The van der Waals surface area contributed by atoms with Crippen LogP contribution in [0.1, 0.15) is 5.56 Å². The molecule has 2 heterocycles. The maximum atomic E-state index is 12.9. The van der Waals surface area contributed by atoms with Crippen molar-refractivity contribution in [2.75, 3.05) is 25.3 Å². The van der Waals surface area contributed by atoms with E-state index in [9.17, 15) is 19.7 Å². The number of nitrogens with one attached hydrogen (secondary N) is 1. The SMILES string of the molecule is CNC(=O)[C@@H]1CN(C(=O)/C=C/c2cc3c(cc2[N+](=O)[O-])OCO3)c2ccccc2O1. The molecule has 1 N–H and O–H groups in total.